The molecule has 1 aliphatic rings. The van der Waals surface area contributed by atoms with Gasteiger partial charge in [0.25, 0.3) is 0 Å². The van der Waals surface area contributed by atoms with E-state index in [0.717, 1.165) is 0 Å². The van der Waals surface area contributed by atoms with Crippen molar-refractivity contribution in [2.75, 3.05) is 13.1 Å². The number of carbonyl (C=O) groups excluding carboxylic acids is 4. The number of hydrogen-bond acceptors (Lipinski definition) is 7. The van der Waals surface area contributed by atoms with E-state index in [1.54, 1.807) is 34.6 Å². The van der Waals surface area contributed by atoms with Crippen molar-refractivity contribution in [1.29, 1.82) is 0 Å². The van der Waals surface area contributed by atoms with Gasteiger partial charge in [-0.25, -0.2) is 0 Å². The van der Waals surface area contributed by atoms with Gasteiger partial charge in [0.05, 0.1) is 30.2 Å². The van der Waals surface area contributed by atoms with Crippen LogP contribution in [0.1, 0.15) is 66.7 Å². The summed E-state index contributed by atoms with van der Waals surface area (Å²) in [5.41, 5.74) is 4.49. The second kappa shape index (κ2) is 10.5. The quantitative estimate of drug-likeness (QED) is 0.555. The third-order valence-corrected chi connectivity index (χ3v) is 4.90. The van der Waals surface area contributed by atoms with Crippen LogP contribution in [-0.4, -0.2) is 59.4 Å². The SMILES string of the molecule is CC(C)OC(=O)CCC(CC(=O)C1(C)CCCN1C(=O)CN)C(=O)OC(C)C. The van der Waals surface area contributed by atoms with Gasteiger partial charge in [-0.05, 0) is 53.9 Å². The Balaban J connectivity index is 2.88. The Morgan fingerprint density at radius 1 is 1.07 bits per heavy atom. The van der Waals surface area contributed by atoms with Crippen LogP contribution in [0.5, 0.6) is 0 Å². The number of ketones is 1. The molecule has 0 bridgehead atoms. The third kappa shape index (κ3) is 6.58. The Kier molecular flexibility index (Phi) is 9.07. The minimum atomic E-state index is -0.981. The van der Waals surface area contributed by atoms with Crippen LogP contribution in [0.25, 0.3) is 0 Å². The van der Waals surface area contributed by atoms with Crippen molar-refractivity contribution in [3.05, 3.63) is 0 Å². The van der Waals surface area contributed by atoms with Crippen LogP contribution >= 0.6 is 0 Å². The molecule has 1 saturated heterocycles. The Labute approximate surface area is 167 Å². The molecule has 0 aromatic heterocycles. The zero-order chi connectivity index (χ0) is 21.5. The highest BCUT2D eigenvalue weighted by atomic mass is 16.5. The fourth-order valence-corrected chi connectivity index (χ4v) is 3.45. The van der Waals surface area contributed by atoms with Gasteiger partial charge in [-0.3, -0.25) is 19.2 Å². The van der Waals surface area contributed by atoms with Gasteiger partial charge < -0.3 is 20.1 Å². The van der Waals surface area contributed by atoms with E-state index in [4.69, 9.17) is 15.2 Å². The van der Waals surface area contributed by atoms with Gasteiger partial charge in [-0.15, -0.1) is 0 Å². The highest BCUT2D eigenvalue weighted by molar-refractivity contribution is 5.95. The first-order valence-corrected chi connectivity index (χ1v) is 9.95. The average molecular weight is 399 g/mol. The summed E-state index contributed by atoms with van der Waals surface area (Å²) in [5.74, 6) is -2.19. The molecule has 8 heteroatoms. The smallest absolute Gasteiger partial charge is 0.309 e. The van der Waals surface area contributed by atoms with Crippen molar-refractivity contribution in [3.63, 3.8) is 0 Å². The molecule has 0 aromatic carbocycles. The molecule has 2 atom stereocenters. The van der Waals surface area contributed by atoms with Gasteiger partial charge in [0, 0.05) is 19.4 Å². The molecule has 8 nitrogen and oxygen atoms in total. The van der Waals surface area contributed by atoms with E-state index in [-0.39, 0.29) is 49.7 Å². The Bertz CT molecular complexity index is 589. The van der Waals surface area contributed by atoms with E-state index in [1.165, 1.54) is 4.90 Å². The van der Waals surface area contributed by atoms with E-state index in [2.05, 4.69) is 0 Å². The number of amides is 1. The zero-order valence-corrected chi connectivity index (χ0v) is 17.7. The molecule has 0 saturated carbocycles. The molecule has 0 spiro atoms. The predicted octanol–water partition coefficient (Wildman–Crippen LogP) is 1.59. The minimum Gasteiger partial charge on any atom is -0.463 e. The molecule has 160 valence electrons. The summed E-state index contributed by atoms with van der Waals surface area (Å²) >= 11 is 0. The van der Waals surface area contributed by atoms with Crippen LogP contribution in [0.3, 0.4) is 0 Å². The van der Waals surface area contributed by atoms with E-state index >= 15 is 0 Å². The normalized spacial score (nSPS) is 20.4. The topological polar surface area (TPSA) is 116 Å². The number of esters is 2. The summed E-state index contributed by atoms with van der Waals surface area (Å²) < 4.78 is 10.4. The Morgan fingerprint density at radius 2 is 1.68 bits per heavy atom. The van der Waals surface area contributed by atoms with Gasteiger partial charge in [-0.2, -0.15) is 0 Å². The fraction of sp³-hybridized carbons (Fsp3) is 0.800. The van der Waals surface area contributed by atoms with Gasteiger partial charge >= 0.3 is 11.9 Å². The molecule has 1 fully saturated rings. The standard InChI is InChI=1S/C20H34N2O6/c1-13(2)27-18(25)8-7-15(19(26)28-14(3)4)11-16(23)20(5)9-6-10-22(20)17(24)12-21/h13-15H,6-12,21H2,1-5H3. The van der Waals surface area contributed by atoms with Crippen molar-refractivity contribution in [2.45, 2.75) is 84.5 Å². The number of Topliss-reactive ketones (excluding diaryl/α,β-unsaturated/α-hetero) is 1. The molecule has 1 heterocycles. The largest absolute Gasteiger partial charge is 0.463 e. The number of rotatable bonds is 10. The molecule has 0 radical (unpaired) electrons. The van der Waals surface area contributed by atoms with Crippen LogP contribution in [0.4, 0.5) is 0 Å². The molecule has 0 aliphatic carbocycles. The lowest BCUT2D eigenvalue weighted by Crippen LogP contribution is -2.53. The first kappa shape index (κ1) is 24.1. The van der Waals surface area contributed by atoms with Crippen LogP contribution in [0, 0.1) is 5.92 Å². The Morgan fingerprint density at radius 3 is 2.21 bits per heavy atom. The highest BCUT2D eigenvalue weighted by Crippen LogP contribution is 2.33. The maximum atomic E-state index is 13.1. The number of nitrogens with zero attached hydrogens (tertiary/aromatic N) is 1. The molecule has 0 aromatic rings. The molecule has 28 heavy (non-hydrogen) atoms. The molecular weight excluding hydrogens is 364 g/mol. The molecule has 1 rings (SSSR count). The zero-order valence-electron chi connectivity index (χ0n) is 17.7. The monoisotopic (exact) mass is 398 g/mol. The summed E-state index contributed by atoms with van der Waals surface area (Å²) in [4.78, 5) is 51.0. The third-order valence-electron chi connectivity index (χ3n) is 4.90. The number of nitrogens with two attached hydrogens (primary N) is 1. The highest BCUT2D eigenvalue weighted by Gasteiger charge is 2.45. The predicted molar refractivity (Wildman–Crippen MR) is 103 cm³/mol. The van der Waals surface area contributed by atoms with Crippen LogP contribution in [0.2, 0.25) is 0 Å². The lowest BCUT2D eigenvalue weighted by atomic mass is 9.85. The van der Waals surface area contributed by atoms with E-state index in [0.29, 0.717) is 19.4 Å². The van der Waals surface area contributed by atoms with Gasteiger partial charge in [0.1, 0.15) is 0 Å². The van der Waals surface area contributed by atoms with Crippen LogP contribution < -0.4 is 5.73 Å². The summed E-state index contributed by atoms with van der Waals surface area (Å²) in [6.45, 7) is 8.97. The van der Waals surface area contributed by atoms with Crippen molar-refractivity contribution in [2.24, 2.45) is 11.7 Å². The number of carbonyl (C=O) groups is 4. The molecule has 2 N–H and O–H groups in total. The second-order valence-electron chi connectivity index (χ2n) is 8.01. The Hall–Kier alpha value is -1.96. The number of hydrogen-bond donors (Lipinski definition) is 1. The van der Waals surface area contributed by atoms with Crippen molar-refractivity contribution < 1.29 is 28.7 Å². The van der Waals surface area contributed by atoms with Crippen LogP contribution in [-0.2, 0) is 28.7 Å². The lowest BCUT2D eigenvalue weighted by molar-refractivity contribution is -0.156. The lowest BCUT2D eigenvalue weighted by Gasteiger charge is -2.34. The van der Waals surface area contributed by atoms with Crippen molar-refractivity contribution in [1.82, 2.24) is 4.90 Å². The number of likely N-dealkylation sites (tertiary alicyclic amines) is 1. The first-order valence-electron chi connectivity index (χ1n) is 9.95. The van der Waals surface area contributed by atoms with E-state index in [9.17, 15) is 19.2 Å². The average Bonchev–Trinajstić information content (AvgIpc) is 2.99. The fourth-order valence-electron chi connectivity index (χ4n) is 3.45. The summed E-state index contributed by atoms with van der Waals surface area (Å²) in [6, 6.07) is 0. The molecule has 1 aliphatic heterocycles. The van der Waals surface area contributed by atoms with Gasteiger partial charge in [0.15, 0.2) is 5.78 Å². The van der Waals surface area contributed by atoms with E-state index < -0.39 is 23.4 Å². The second-order valence-corrected chi connectivity index (χ2v) is 8.01. The molecule has 1 amide bonds. The first-order chi connectivity index (χ1) is 13.0. The number of ether oxygens (including phenoxy) is 2. The minimum absolute atomic E-state index is 0.0193. The van der Waals surface area contributed by atoms with Gasteiger partial charge in [-0.1, -0.05) is 0 Å². The van der Waals surface area contributed by atoms with Gasteiger partial charge in [0.2, 0.25) is 5.91 Å². The molecular formula is C20H34N2O6. The maximum Gasteiger partial charge on any atom is 0.309 e. The van der Waals surface area contributed by atoms with Crippen molar-refractivity contribution >= 4 is 23.6 Å². The van der Waals surface area contributed by atoms with E-state index in [1.807, 2.05) is 0 Å². The summed E-state index contributed by atoms with van der Waals surface area (Å²) in [6.07, 6.45) is 0.739. The molecule has 2 unspecified atom stereocenters. The maximum absolute atomic E-state index is 13.1. The van der Waals surface area contributed by atoms with Crippen molar-refractivity contribution in [3.8, 4) is 0 Å². The summed E-state index contributed by atoms with van der Waals surface area (Å²) in [5, 5.41) is 0. The van der Waals surface area contributed by atoms with Crippen LogP contribution in [0.15, 0.2) is 0 Å². The summed E-state index contributed by atoms with van der Waals surface area (Å²) in [7, 11) is 0.